The molecule has 0 saturated heterocycles. The topological polar surface area (TPSA) is 32.3 Å². The minimum absolute atomic E-state index is 0.108. The van der Waals surface area contributed by atoms with Gasteiger partial charge >= 0.3 is 0 Å². The highest BCUT2D eigenvalue weighted by Gasteiger charge is 2.00. The molecule has 0 atom stereocenters. The fourth-order valence-corrected chi connectivity index (χ4v) is 2.03. The predicted molar refractivity (Wildman–Crippen MR) is 86.3 cm³/mol. The molecule has 0 radical (unpaired) electrons. The number of halogens is 2. The highest BCUT2D eigenvalue weighted by molar-refractivity contribution is 6.42. The van der Waals surface area contributed by atoms with Crippen molar-refractivity contribution >= 4 is 35.2 Å². The van der Waals surface area contributed by atoms with Gasteiger partial charge in [0, 0.05) is 19.2 Å². The summed E-state index contributed by atoms with van der Waals surface area (Å²) < 4.78 is 0. The van der Waals surface area contributed by atoms with Gasteiger partial charge in [-0.1, -0.05) is 43.1 Å². The molecule has 0 fully saturated rings. The van der Waals surface area contributed by atoms with Gasteiger partial charge in [-0.15, -0.1) is 0 Å². The molecule has 1 aromatic rings. The summed E-state index contributed by atoms with van der Waals surface area (Å²) in [6.45, 7) is 7.70. The summed E-state index contributed by atoms with van der Waals surface area (Å²) in [5.41, 5.74) is 0.846. The van der Waals surface area contributed by atoms with Gasteiger partial charge in [0.05, 0.1) is 10.0 Å². The Morgan fingerprint density at radius 1 is 1.25 bits per heavy atom. The van der Waals surface area contributed by atoms with E-state index in [0.717, 1.165) is 25.2 Å². The highest BCUT2D eigenvalue weighted by atomic mass is 35.5. The molecule has 110 valence electrons. The molecule has 5 heteroatoms. The third-order valence-corrected chi connectivity index (χ3v) is 3.73. The van der Waals surface area contributed by atoms with Gasteiger partial charge in [-0.2, -0.15) is 0 Å². The van der Waals surface area contributed by atoms with Crippen molar-refractivity contribution in [1.29, 1.82) is 0 Å². The van der Waals surface area contributed by atoms with E-state index in [-0.39, 0.29) is 5.91 Å². The Morgan fingerprint density at radius 3 is 2.55 bits per heavy atom. The summed E-state index contributed by atoms with van der Waals surface area (Å²) in [4.78, 5) is 13.9. The van der Waals surface area contributed by atoms with Crippen LogP contribution in [-0.2, 0) is 4.79 Å². The summed E-state index contributed by atoms with van der Waals surface area (Å²) in [5.74, 6) is -0.108. The first-order chi connectivity index (χ1) is 9.56. The van der Waals surface area contributed by atoms with E-state index in [1.54, 1.807) is 18.2 Å². The second-order valence-corrected chi connectivity index (χ2v) is 5.14. The number of hydrogen-bond acceptors (Lipinski definition) is 2. The van der Waals surface area contributed by atoms with E-state index in [0.29, 0.717) is 16.6 Å². The molecular formula is C15H20Cl2N2O. The van der Waals surface area contributed by atoms with Gasteiger partial charge in [-0.25, -0.2) is 0 Å². The number of hydrogen-bond donors (Lipinski definition) is 1. The largest absolute Gasteiger partial charge is 0.351 e. The van der Waals surface area contributed by atoms with Gasteiger partial charge in [0.2, 0.25) is 5.91 Å². The third-order valence-electron chi connectivity index (χ3n) is 2.99. The monoisotopic (exact) mass is 314 g/mol. The molecule has 0 aliphatic heterocycles. The summed E-state index contributed by atoms with van der Waals surface area (Å²) in [5, 5.41) is 3.84. The van der Waals surface area contributed by atoms with Crippen molar-refractivity contribution in [2.45, 2.75) is 13.8 Å². The second-order valence-electron chi connectivity index (χ2n) is 4.32. The van der Waals surface area contributed by atoms with Gasteiger partial charge in [0.25, 0.3) is 0 Å². The van der Waals surface area contributed by atoms with E-state index in [1.165, 1.54) is 6.08 Å². The molecule has 3 nitrogen and oxygen atoms in total. The van der Waals surface area contributed by atoms with Crippen LogP contribution in [0, 0.1) is 0 Å². The number of rotatable bonds is 7. The zero-order valence-electron chi connectivity index (χ0n) is 11.8. The molecule has 20 heavy (non-hydrogen) atoms. The van der Waals surface area contributed by atoms with Crippen molar-refractivity contribution in [3.63, 3.8) is 0 Å². The molecule has 1 N–H and O–H groups in total. The van der Waals surface area contributed by atoms with E-state index < -0.39 is 0 Å². The molecule has 1 rings (SSSR count). The normalized spacial score (nSPS) is 11.2. The SMILES string of the molecule is CCN(CC)CCNC(=O)/C=C/c1ccc(Cl)c(Cl)c1. The predicted octanol–water partition coefficient (Wildman–Crippen LogP) is 3.46. The minimum Gasteiger partial charge on any atom is -0.351 e. The number of nitrogens with one attached hydrogen (secondary N) is 1. The van der Waals surface area contributed by atoms with Gasteiger partial charge in [0.15, 0.2) is 0 Å². The summed E-state index contributed by atoms with van der Waals surface area (Å²) in [6, 6.07) is 5.25. The number of amides is 1. The zero-order valence-corrected chi connectivity index (χ0v) is 13.3. The quantitative estimate of drug-likeness (QED) is 0.782. The van der Waals surface area contributed by atoms with E-state index in [1.807, 2.05) is 6.07 Å². The smallest absolute Gasteiger partial charge is 0.244 e. The maximum Gasteiger partial charge on any atom is 0.244 e. The van der Waals surface area contributed by atoms with Crippen molar-refractivity contribution in [2.24, 2.45) is 0 Å². The van der Waals surface area contributed by atoms with Crippen molar-refractivity contribution in [1.82, 2.24) is 10.2 Å². The van der Waals surface area contributed by atoms with Crippen LogP contribution in [0.3, 0.4) is 0 Å². The summed E-state index contributed by atoms with van der Waals surface area (Å²) in [7, 11) is 0. The molecule has 0 aliphatic rings. The Balaban J connectivity index is 2.41. The van der Waals surface area contributed by atoms with E-state index >= 15 is 0 Å². The molecule has 1 aromatic carbocycles. The molecule has 1 amide bonds. The number of nitrogens with zero attached hydrogens (tertiary/aromatic N) is 1. The maximum absolute atomic E-state index is 11.7. The average Bonchev–Trinajstić information content (AvgIpc) is 2.45. The molecule has 0 saturated carbocycles. The molecular weight excluding hydrogens is 295 g/mol. The van der Waals surface area contributed by atoms with Crippen LogP contribution in [0.15, 0.2) is 24.3 Å². The molecule has 0 heterocycles. The van der Waals surface area contributed by atoms with Crippen molar-refractivity contribution in [2.75, 3.05) is 26.2 Å². The van der Waals surface area contributed by atoms with Crippen LogP contribution in [0.5, 0.6) is 0 Å². The molecule has 0 spiro atoms. The Hall–Kier alpha value is -1.03. The van der Waals surface area contributed by atoms with Crippen molar-refractivity contribution < 1.29 is 4.79 Å². The first kappa shape index (κ1) is 17.0. The lowest BCUT2D eigenvalue weighted by Crippen LogP contribution is -2.34. The van der Waals surface area contributed by atoms with Crippen molar-refractivity contribution in [3.8, 4) is 0 Å². The lowest BCUT2D eigenvalue weighted by Gasteiger charge is -2.17. The zero-order chi connectivity index (χ0) is 15.0. The standard InChI is InChI=1S/C15H20Cl2N2O/c1-3-19(4-2)10-9-18-15(20)8-6-12-5-7-13(16)14(17)11-12/h5-8,11H,3-4,9-10H2,1-2H3,(H,18,20)/b8-6+. The van der Waals surface area contributed by atoms with Crippen LogP contribution in [0.25, 0.3) is 6.08 Å². The van der Waals surface area contributed by atoms with Crippen LogP contribution in [0.2, 0.25) is 10.0 Å². The first-order valence-corrected chi connectivity index (χ1v) is 7.45. The van der Waals surface area contributed by atoms with Gasteiger partial charge in [-0.3, -0.25) is 4.79 Å². The number of benzene rings is 1. The van der Waals surface area contributed by atoms with Crippen LogP contribution in [0.1, 0.15) is 19.4 Å². The second kappa shape index (κ2) is 9.01. The maximum atomic E-state index is 11.7. The van der Waals surface area contributed by atoms with Gasteiger partial charge in [0.1, 0.15) is 0 Å². The molecule has 0 bridgehead atoms. The Kier molecular flexibility index (Phi) is 7.67. The Labute approximate surface area is 130 Å². The first-order valence-electron chi connectivity index (χ1n) is 6.70. The summed E-state index contributed by atoms with van der Waals surface area (Å²) in [6.07, 6.45) is 3.22. The third kappa shape index (κ3) is 5.95. The highest BCUT2D eigenvalue weighted by Crippen LogP contribution is 2.22. The Bertz CT molecular complexity index is 471. The van der Waals surface area contributed by atoms with E-state index in [4.69, 9.17) is 23.2 Å². The van der Waals surface area contributed by atoms with Gasteiger partial charge in [-0.05, 0) is 36.9 Å². The summed E-state index contributed by atoms with van der Waals surface area (Å²) >= 11 is 11.7. The number of likely N-dealkylation sites (N-methyl/N-ethyl adjacent to an activating group) is 1. The minimum atomic E-state index is -0.108. The van der Waals surface area contributed by atoms with E-state index in [2.05, 4.69) is 24.1 Å². The molecule has 0 aliphatic carbocycles. The van der Waals surface area contributed by atoms with E-state index in [9.17, 15) is 4.79 Å². The lowest BCUT2D eigenvalue weighted by molar-refractivity contribution is -0.116. The van der Waals surface area contributed by atoms with Crippen molar-refractivity contribution in [3.05, 3.63) is 39.9 Å². The number of carbonyl (C=O) groups excluding carboxylic acids is 1. The fourth-order valence-electron chi connectivity index (χ4n) is 1.72. The van der Waals surface area contributed by atoms with Crippen LogP contribution >= 0.6 is 23.2 Å². The lowest BCUT2D eigenvalue weighted by atomic mass is 10.2. The Morgan fingerprint density at radius 2 is 1.95 bits per heavy atom. The van der Waals surface area contributed by atoms with Crippen LogP contribution in [0.4, 0.5) is 0 Å². The van der Waals surface area contributed by atoms with Crippen LogP contribution in [-0.4, -0.2) is 37.0 Å². The molecule has 0 unspecified atom stereocenters. The van der Waals surface area contributed by atoms with Crippen LogP contribution < -0.4 is 5.32 Å². The molecule has 0 aromatic heterocycles. The fraction of sp³-hybridized carbons (Fsp3) is 0.400. The van der Waals surface area contributed by atoms with Gasteiger partial charge < -0.3 is 10.2 Å². The average molecular weight is 315 g/mol. The number of carbonyl (C=O) groups is 1.